The first-order valence-corrected chi connectivity index (χ1v) is 14.8. The molecule has 1 amide bonds. The first kappa shape index (κ1) is 27.6. The van der Waals surface area contributed by atoms with Crippen LogP contribution in [0.1, 0.15) is 43.9 Å². The van der Waals surface area contributed by atoms with Crippen molar-refractivity contribution in [2.75, 3.05) is 31.3 Å². The Morgan fingerprint density at radius 3 is 2.62 bits per heavy atom. The maximum Gasteiger partial charge on any atom is 0.301 e. The number of ether oxygens (including phenoxy) is 4. The number of aromatic nitrogens is 1. The van der Waals surface area contributed by atoms with Crippen LogP contribution in [0.2, 0.25) is 0 Å². The van der Waals surface area contributed by atoms with Crippen molar-refractivity contribution < 1.29 is 33.6 Å². The number of anilines is 1. The molecule has 1 saturated heterocycles. The average molecular weight is 587 g/mol. The van der Waals surface area contributed by atoms with Gasteiger partial charge in [-0.05, 0) is 67.4 Å². The van der Waals surface area contributed by atoms with Crippen LogP contribution < -0.4 is 23.8 Å². The summed E-state index contributed by atoms with van der Waals surface area (Å²) in [7, 11) is 0. The number of Topliss-reactive ketones (excluding diaryl/α,β-unsaturated/α-hetero) is 1. The van der Waals surface area contributed by atoms with Crippen LogP contribution in [0.15, 0.2) is 66.2 Å². The van der Waals surface area contributed by atoms with Gasteiger partial charge in [-0.3, -0.25) is 14.5 Å². The molecule has 1 aromatic heterocycles. The molecule has 2 aliphatic heterocycles. The number of unbranched alkanes of at least 4 members (excludes halogenated alkanes) is 1. The highest BCUT2D eigenvalue weighted by Gasteiger charge is 2.48. The number of benzene rings is 3. The number of hydrogen-bond donors (Lipinski definition) is 1. The second-order valence-corrected chi connectivity index (χ2v) is 10.9. The van der Waals surface area contributed by atoms with Crippen molar-refractivity contribution in [1.29, 1.82) is 0 Å². The van der Waals surface area contributed by atoms with Gasteiger partial charge in [0.25, 0.3) is 5.78 Å². The van der Waals surface area contributed by atoms with Gasteiger partial charge < -0.3 is 24.1 Å². The Morgan fingerprint density at radius 1 is 1.00 bits per heavy atom. The molecule has 0 radical (unpaired) electrons. The molecule has 0 unspecified atom stereocenters. The number of aliphatic hydroxyl groups excluding tert-OH is 1. The van der Waals surface area contributed by atoms with E-state index in [1.807, 2.05) is 43.3 Å². The lowest BCUT2D eigenvalue weighted by Crippen LogP contribution is -2.29. The number of fused-ring (bicyclic) bond motifs is 2. The van der Waals surface area contributed by atoms with Crippen LogP contribution in [0.25, 0.3) is 16.0 Å². The topological polar surface area (TPSA) is 107 Å². The summed E-state index contributed by atoms with van der Waals surface area (Å²) in [6.07, 6.45) is 1.88. The zero-order valence-electron chi connectivity index (χ0n) is 23.3. The summed E-state index contributed by atoms with van der Waals surface area (Å²) in [4.78, 5) is 33.5. The van der Waals surface area contributed by atoms with E-state index in [1.165, 1.54) is 16.2 Å². The predicted molar refractivity (Wildman–Crippen MR) is 160 cm³/mol. The molecule has 6 rings (SSSR count). The van der Waals surface area contributed by atoms with Gasteiger partial charge in [0.1, 0.15) is 30.5 Å². The highest BCUT2D eigenvalue weighted by atomic mass is 32.1. The molecule has 10 heteroatoms. The predicted octanol–water partition coefficient (Wildman–Crippen LogP) is 6.27. The van der Waals surface area contributed by atoms with E-state index in [0.29, 0.717) is 71.2 Å². The number of hydrogen-bond acceptors (Lipinski definition) is 9. The Balaban J connectivity index is 1.49. The molecule has 9 nitrogen and oxygen atoms in total. The molecule has 42 heavy (non-hydrogen) atoms. The first-order chi connectivity index (χ1) is 20.5. The molecule has 4 aromatic rings. The highest BCUT2D eigenvalue weighted by Crippen LogP contribution is 2.46. The van der Waals surface area contributed by atoms with Gasteiger partial charge in [-0.1, -0.05) is 36.8 Å². The van der Waals surface area contributed by atoms with E-state index in [-0.39, 0.29) is 11.3 Å². The standard InChI is InChI=1S/C32H30N2O7S/c1-3-5-13-39-21-8-6-7-19(16-21)28-27(29(35)20-9-12-24-25(17-20)41-15-14-40-24)30(36)31(37)34(28)32-33-23-11-10-22(38-4-2)18-26(23)42-32/h6-12,16-18,28,35H,3-5,13-15H2,1-2H3/t28-/m1/s1. The van der Waals surface area contributed by atoms with Gasteiger partial charge in [0, 0.05) is 5.56 Å². The zero-order valence-corrected chi connectivity index (χ0v) is 24.1. The Bertz CT molecular complexity index is 1700. The summed E-state index contributed by atoms with van der Waals surface area (Å²) in [5.74, 6) is 0.409. The van der Waals surface area contributed by atoms with Gasteiger partial charge in [-0.25, -0.2) is 4.98 Å². The number of amides is 1. The summed E-state index contributed by atoms with van der Waals surface area (Å²) >= 11 is 1.28. The molecule has 1 atom stereocenters. The minimum Gasteiger partial charge on any atom is -0.507 e. The molecule has 216 valence electrons. The monoisotopic (exact) mass is 586 g/mol. The van der Waals surface area contributed by atoms with Crippen LogP contribution in [-0.2, 0) is 9.59 Å². The third-order valence-corrected chi connectivity index (χ3v) is 8.08. The Morgan fingerprint density at radius 2 is 1.81 bits per heavy atom. The number of carbonyl (C=O) groups is 2. The van der Waals surface area contributed by atoms with E-state index in [2.05, 4.69) is 6.92 Å². The van der Waals surface area contributed by atoms with Gasteiger partial charge >= 0.3 is 5.91 Å². The molecule has 0 spiro atoms. The van der Waals surface area contributed by atoms with E-state index in [9.17, 15) is 14.7 Å². The first-order valence-electron chi connectivity index (χ1n) is 14.0. The van der Waals surface area contributed by atoms with Crippen molar-refractivity contribution in [3.63, 3.8) is 0 Å². The van der Waals surface area contributed by atoms with Crippen molar-refractivity contribution in [2.45, 2.75) is 32.7 Å². The lowest BCUT2D eigenvalue weighted by atomic mass is 9.95. The summed E-state index contributed by atoms with van der Waals surface area (Å²) in [5.41, 5.74) is 1.57. The van der Waals surface area contributed by atoms with Gasteiger partial charge in [0.15, 0.2) is 16.6 Å². The second-order valence-electron chi connectivity index (χ2n) is 9.86. The van der Waals surface area contributed by atoms with E-state index in [0.717, 1.165) is 17.5 Å². The molecular weight excluding hydrogens is 556 g/mol. The lowest BCUT2D eigenvalue weighted by Gasteiger charge is -2.24. The number of rotatable bonds is 9. The number of aliphatic hydroxyl groups is 1. The molecule has 1 N–H and O–H groups in total. The molecule has 2 aliphatic rings. The Kier molecular flexibility index (Phi) is 7.71. The smallest absolute Gasteiger partial charge is 0.301 e. The number of nitrogens with zero attached hydrogens (tertiary/aromatic N) is 2. The Labute approximate surface area is 246 Å². The van der Waals surface area contributed by atoms with Gasteiger partial charge in [0.2, 0.25) is 0 Å². The van der Waals surface area contributed by atoms with Crippen LogP contribution >= 0.6 is 11.3 Å². The number of ketones is 1. The fraction of sp³-hybridized carbons (Fsp3) is 0.281. The maximum atomic E-state index is 13.7. The van der Waals surface area contributed by atoms with Crippen molar-refractivity contribution in [3.8, 4) is 23.0 Å². The average Bonchev–Trinajstić information content (AvgIpc) is 3.54. The van der Waals surface area contributed by atoms with Crippen molar-refractivity contribution >= 4 is 44.1 Å². The Hall–Kier alpha value is -4.57. The fourth-order valence-corrected chi connectivity index (χ4v) is 6.07. The van der Waals surface area contributed by atoms with E-state index < -0.39 is 17.7 Å². The van der Waals surface area contributed by atoms with Crippen LogP contribution in [-0.4, -0.2) is 48.2 Å². The molecule has 0 aliphatic carbocycles. The minimum atomic E-state index is -0.945. The third kappa shape index (κ3) is 5.14. The largest absolute Gasteiger partial charge is 0.507 e. The van der Waals surface area contributed by atoms with Crippen LogP contribution in [0.4, 0.5) is 5.13 Å². The third-order valence-electron chi connectivity index (χ3n) is 7.07. The van der Waals surface area contributed by atoms with Gasteiger partial charge in [-0.2, -0.15) is 0 Å². The quantitative estimate of drug-likeness (QED) is 0.106. The minimum absolute atomic E-state index is 0.0448. The summed E-state index contributed by atoms with van der Waals surface area (Å²) in [6.45, 7) is 5.84. The van der Waals surface area contributed by atoms with Gasteiger partial charge in [-0.15, -0.1) is 0 Å². The second kappa shape index (κ2) is 11.7. The van der Waals surface area contributed by atoms with Crippen LogP contribution in [0.5, 0.6) is 23.0 Å². The van der Waals surface area contributed by atoms with E-state index in [1.54, 1.807) is 24.3 Å². The van der Waals surface area contributed by atoms with Crippen molar-refractivity contribution in [1.82, 2.24) is 4.98 Å². The molecule has 3 heterocycles. The highest BCUT2D eigenvalue weighted by molar-refractivity contribution is 7.22. The normalized spacial score (nSPS) is 17.6. The van der Waals surface area contributed by atoms with Gasteiger partial charge in [0.05, 0.1) is 35.0 Å². The van der Waals surface area contributed by atoms with Crippen molar-refractivity contribution in [2.24, 2.45) is 0 Å². The summed E-state index contributed by atoms with van der Waals surface area (Å²) in [6, 6.07) is 16.8. The molecular formula is C32H30N2O7S. The molecule has 0 saturated carbocycles. The molecule has 1 fully saturated rings. The molecule has 0 bridgehead atoms. The zero-order chi connectivity index (χ0) is 29.2. The van der Waals surface area contributed by atoms with Crippen LogP contribution in [0, 0.1) is 0 Å². The van der Waals surface area contributed by atoms with E-state index >= 15 is 0 Å². The summed E-state index contributed by atoms with van der Waals surface area (Å²) in [5, 5.41) is 11.9. The number of thiazole rings is 1. The SMILES string of the molecule is CCCCOc1cccc([C@@H]2C(=C(O)c3ccc4c(c3)OCCO4)C(=O)C(=O)N2c2nc3ccc(OCC)cc3s2)c1. The molecule has 3 aromatic carbocycles. The summed E-state index contributed by atoms with van der Waals surface area (Å²) < 4.78 is 23.7. The lowest BCUT2D eigenvalue weighted by molar-refractivity contribution is -0.132. The number of carbonyl (C=O) groups excluding carboxylic acids is 2. The fourth-order valence-electron chi connectivity index (χ4n) is 5.05. The van der Waals surface area contributed by atoms with Crippen LogP contribution in [0.3, 0.4) is 0 Å². The van der Waals surface area contributed by atoms with Crippen molar-refractivity contribution in [3.05, 3.63) is 77.4 Å². The maximum absolute atomic E-state index is 13.7. The van der Waals surface area contributed by atoms with E-state index in [4.69, 9.17) is 23.9 Å².